The summed E-state index contributed by atoms with van der Waals surface area (Å²) < 4.78 is 15.8. The maximum Gasteiger partial charge on any atom is 0.306 e. The van der Waals surface area contributed by atoms with Gasteiger partial charge in [-0.1, -0.05) is 6.92 Å². The third-order valence-corrected chi connectivity index (χ3v) is 3.91. The van der Waals surface area contributed by atoms with E-state index in [-0.39, 0.29) is 19.2 Å². The minimum absolute atomic E-state index is 0.166. The lowest BCUT2D eigenvalue weighted by atomic mass is 10.2. The van der Waals surface area contributed by atoms with Gasteiger partial charge in [0.25, 0.3) is 0 Å². The van der Waals surface area contributed by atoms with E-state index in [1.807, 2.05) is 13.8 Å². The van der Waals surface area contributed by atoms with Crippen molar-refractivity contribution in [3.05, 3.63) is 40.3 Å². The molecule has 0 saturated heterocycles. The van der Waals surface area contributed by atoms with Gasteiger partial charge in [-0.25, -0.2) is 4.98 Å². The van der Waals surface area contributed by atoms with Crippen LogP contribution < -0.4 is 0 Å². The Labute approximate surface area is 146 Å². The van der Waals surface area contributed by atoms with E-state index in [0.717, 1.165) is 23.2 Å². The number of esters is 1. The van der Waals surface area contributed by atoms with Crippen LogP contribution in [0.4, 0.5) is 0 Å². The fourth-order valence-electron chi connectivity index (χ4n) is 1.70. The summed E-state index contributed by atoms with van der Waals surface area (Å²) in [6.07, 6.45) is 7.69. The van der Waals surface area contributed by atoms with Crippen LogP contribution in [0, 0.1) is 12.3 Å². The zero-order valence-corrected chi connectivity index (χ0v) is 14.9. The highest BCUT2D eigenvalue weighted by molar-refractivity contribution is 7.09. The Kier molecular flexibility index (Phi) is 10.2. The van der Waals surface area contributed by atoms with Crippen LogP contribution in [0.25, 0.3) is 0 Å². The van der Waals surface area contributed by atoms with Gasteiger partial charge >= 0.3 is 5.97 Å². The highest BCUT2D eigenvalue weighted by atomic mass is 32.1. The SMILES string of the molecule is CCCO/C=C\C(=C/C=N)OCCOC(=O)CCc1scnc1C. The fourth-order valence-corrected chi connectivity index (χ4v) is 2.49. The van der Waals surface area contributed by atoms with Crippen molar-refractivity contribution < 1.29 is 19.0 Å². The Morgan fingerprint density at radius 1 is 1.33 bits per heavy atom. The fraction of sp³-hybridized carbons (Fsp3) is 0.471. The normalized spacial score (nSPS) is 11.5. The molecule has 0 saturated carbocycles. The molecule has 1 aromatic heterocycles. The summed E-state index contributed by atoms with van der Waals surface area (Å²) in [4.78, 5) is 16.9. The van der Waals surface area contributed by atoms with Crippen LogP contribution in [0.2, 0.25) is 0 Å². The van der Waals surface area contributed by atoms with E-state index in [4.69, 9.17) is 19.6 Å². The van der Waals surface area contributed by atoms with Crippen LogP contribution in [-0.4, -0.2) is 37.0 Å². The van der Waals surface area contributed by atoms with E-state index >= 15 is 0 Å². The molecule has 0 spiro atoms. The number of carbonyl (C=O) groups is 1. The number of aryl methyl sites for hydroxylation is 2. The summed E-state index contributed by atoms with van der Waals surface area (Å²) in [5.74, 6) is 0.225. The summed E-state index contributed by atoms with van der Waals surface area (Å²) in [6.45, 7) is 4.97. The van der Waals surface area contributed by atoms with E-state index in [0.29, 0.717) is 25.2 Å². The quantitative estimate of drug-likeness (QED) is 0.205. The smallest absolute Gasteiger partial charge is 0.306 e. The molecule has 1 heterocycles. The van der Waals surface area contributed by atoms with Crippen LogP contribution >= 0.6 is 11.3 Å². The van der Waals surface area contributed by atoms with Crippen molar-refractivity contribution in [2.24, 2.45) is 0 Å². The molecule has 1 rings (SSSR count). The third kappa shape index (κ3) is 8.47. The van der Waals surface area contributed by atoms with Gasteiger partial charge < -0.3 is 19.6 Å². The molecule has 6 nitrogen and oxygen atoms in total. The average Bonchev–Trinajstić information content (AvgIpc) is 2.98. The monoisotopic (exact) mass is 352 g/mol. The largest absolute Gasteiger partial charge is 0.501 e. The van der Waals surface area contributed by atoms with Gasteiger partial charge in [0.1, 0.15) is 19.0 Å². The van der Waals surface area contributed by atoms with Gasteiger partial charge in [0.2, 0.25) is 0 Å². The van der Waals surface area contributed by atoms with Crippen molar-refractivity contribution >= 4 is 23.5 Å². The maximum absolute atomic E-state index is 11.7. The average molecular weight is 352 g/mol. The Morgan fingerprint density at radius 2 is 2.12 bits per heavy atom. The number of carbonyl (C=O) groups excluding carboxylic acids is 1. The van der Waals surface area contributed by atoms with Gasteiger partial charge in [0.05, 0.1) is 30.5 Å². The summed E-state index contributed by atoms with van der Waals surface area (Å²) in [5, 5.41) is 7.09. The van der Waals surface area contributed by atoms with Crippen LogP contribution in [-0.2, 0) is 25.4 Å². The lowest BCUT2D eigenvalue weighted by molar-refractivity contribution is -0.144. The van der Waals surface area contributed by atoms with Crippen molar-refractivity contribution in [3.63, 3.8) is 0 Å². The minimum atomic E-state index is -0.259. The Morgan fingerprint density at radius 3 is 2.79 bits per heavy atom. The molecule has 1 aromatic rings. The number of nitrogens with zero attached hydrogens (tertiary/aromatic N) is 1. The van der Waals surface area contributed by atoms with E-state index in [1.165, 1.54) is 12.3 Å². The van der Waals surface area contributed by atoms with Gasteiger partial charge in [-0.2, -0.15) is 0 Å². The topological polar surface area (TPSA) is 81.5 Å². The molecule has 132 valence electrons. The Bertz CT molecular complexity index is 567. The molecule has 0 amide bonds. The third-order valence-electron chi connectivity index (χ3n) is 2.91. The molecule has 0 aliphatic rings. The van der Waals surface area contributed by atoms with Crippen molar-refractivity contribution in [1.82, 2.24) is 4.98 Å². The van der Waals surface area contributed by atoms with Crippen molar-refractivity contribution in [2.75, 3.05) is 19.8 Å². The second kappa shape index (κ2) is 12.3. The number of hydrogen-bond donors (Lipinski definition) is 1. The molecule has 0 radical (unpaired) electrons. The van der Waals surface area contributed by atoms with E-state index in [9.17, 15) is 4.79 Å². The molecule has 0 aliphatic carbocycles. The molecule has 0 aromatic carbocycles. The number of aromatic nitrogens is 1. The van der Waals surface area contributed by atoms with Crippen molar-refractivity contribution in [2.45, 2.75) is 33.1 Å². The lowest BCUT2D eigenvalue weighted by Crippen LogP contribution is -2.11. The first-order valence-corrected chi connectivity index (χ1v) is 8.71. The second-order valence-corrected chi connectivity index (χ2v) is 5.78. The van der Waals surface area contributed by atoms with E-state index in [2.05, 4.69) is 4.98 Å². The highest BCUT2D eigenvalue weighted by Gasteiger charge is 2.07. The Balaban J connectivity index is 2.21. The molecule has 0 atom stereocenters. The number of rotatable bonds is 12. The number of allylic oxidation sites excluding steroid dienone is 2. The van der Waals surface area contributed by atoms with Crippen LogP contribution in [0.15, 0.2) is 29.7 Å². The number of hydrogen-bond acceptors (Lipinski definition) is 7. The molecule has 1 N–H and O–H groups in total. The van der Waals surface area contributed by atoms with Gasteiger partial charge in [0, 0.05) is 17.2 Å². The first kappa shape index (κ1) is 19.9. The van der Waals surface area contributed by atoms with Gasteiger partial charge in [-0.3, -0.25) is 4.79 Å². The minimum Gasteiger partial charge on any atom is -0.501 e. The van der Waals surface area contributed by atoms with Gasteiger partial charge in [-0.15, -0.1) is 11.3 Å². The summed E-state index contributed by atoms with van der Waals surface area (Å²) in [6, 6.07) is 0. The molecular weight excluding hydrogens is 328 g/mol. The van der Waals surface area contributed by atoms with E-state index in [1.54, 1.807) is 22.9 Å². The molecule has 0 aliphatic heterocycles. The number of thiazole rings is 1. The van der Waals surface area contributed by atoms with Crippen molar-refractivity contribution in [1.29, 1.82) is 5.41 Å². The molecule has 0 bridgehead atoms. The molecule has 24 heavy (non-hydrogen) atoms. The number of nitrogens with one attached hydrogen (secondary N) is 1. The second-order valence-electron chi connectivity index (χ2n) is 4.84. The summed E-state index contributed by atoms with van der Waals surface area (Å²) in [5.41, 5.74) is 2.74. The number of ether oxygens (including phenoxy) is 3. The lowest BCUT2D eigenvalue weighted by Gasteiger charge is -2.08. The predicted octanol–water partition coefficient (Wildman–Crippen LogP) is 3.42. The van der Waals surface area contributed by atoms with E-state index < -0.39 is 0 Å². The first-order valence-electron chi connectivity index (χ1n) is 7.83. The molecule has 0 fully saturated rings. The molecule has 0 unspecified atom stereocenters. The summed E-state index contributed by atoms with van der Waals surface area (Å²) in [7, 11) is 0. The van der Waals surface area contributed by atoms with Gasteiger partial charge in [0.15, 0.2) is 0 Å². The van der Waals surface area contributed by atoms with Crippen LogP contribution in [0.5, 0.6) is 0 Å². The predicted molar refractivity (Wildman–Crippen MR) is 94.3 cm³/mol. The first-order chi connectivity index (χ1) is 11.7. The molecular formula is C17H24N2O4S. The zero-order valence-electron chi connectivity index (χ0n) is 14.1. The maximum atomic E-state index is 11.7. The zero-order chi connectivity index (χ0) is 17.6. The summed E-state index contributed by atoms with van der Waals surface area (Å²) >= 11 is 1.55. The van der Waals surface area contributed by atoms with Crippen molar-refractivity contribution in [3.8, 4) is 0 Å². The standard InChI is InChI=1S/C17H24N2O4S/c1-3-9-21-10-7-15(6-8-18)22-11-12-23-17(20)5-4-16-14(2)19-13-24-16/h6-8,10,13,18H,3-5,9,11-12H2,1-2H3/b10-7-,15-6+,18-8?. The van der Waals surface area contributed by atoms with Gasteiger partial charge in [-0.05, 0) is 25.8 Å². The Hall–Kier alpha value is -2.15. The van der Waals surface area contributed by atoms with Crippen LogP contribution in [0.3, 0.4) is 0 Å². The molecule has 7 heteroatoms. The van der Waals surface area contributed by atoms with Crippen LogP contribution in [0.1, 0.15) is 30.3 Å². The highest BCUT2D eigenvalue weighted by Crippen LogP contribution is 2.14.